The highest BCUT2D eigenvalue weighted by Gasteiger charge is 2.40. The SMILES string of the molecule is COC(=O)C1(C)CCC(C)=C(OC)O1. The molecule has 4 heteroatoms. The molecular weight excluding hydrogens is 184 g/mol. The molecule has 0 aliphatic carbocycles. The number of allylic oxidation sites excluding steroid dienone is 1. The summed E-state index contributed by atoms with van der Waals surface area (Å²) in [5, 5.41) is 0. The molecule has 0 aromatic rings. The van der Waals surface area contributed by atoms with Crippen LogP contribution >= 0.6 is 0 Å². The van der Waals surface area contributed by atoms with Gasteiger partial charge in [-0.25, -0.2) is 4.79 Å². The summed E-state index contributed by atoms with van der Waals surface area (Å²) >= 11 is 0. The van der Waals surface area contributed by atoms with Crippen LogP contribution in [0.5, 0.6) is 0 Å². The van der Waals surface area contributed by atoms with E-state index in [-0.39, 0.29) is 5.97 Å². The smallest absolute Gasteiger partial charge is 0.350 e. The highest BCUT2D eigenvalue weighted by Crippen LogP contribution is 2.32. The Labute approximate surface area is 83.8 Å². The predicted molar refractivity (Wildman–Crippen MR) is 50.4 cm³/mol. The predicted octanol–water partition coefficient (Wildman–Crippen LogP) is 1.61. The zero-order chi connectivity index (χ0) is 10.8. The van der Waals surface area contributed by atoms with Crippen molar-refractivity contribution in [3.63, 3.8) is 0 Å². The van der Waals surface area contributed by atoms with Crippen molar-refractivity contribution in [3.8, 4) is 0 Å². The summed E-state index contributed by atoms with van der Waals surface area (Å²) in [5.41, 5.74) is 0.119. The molecule has 0 fully saturated rings. The van der Waals surface area contributed by atoms with Crippen molar-refractivity contribution in [3.05, 3.63) is 11.5 Å². The van der Waals surface area contributed by atoms with Crippen LogP contribution in [0.3, 0.4) is 0 Å². The van der Waals surface area contributed by atoms with Gasteiger partial charge in [0.1, 0.15) is 0 Å². The summed E-state index contributed by atoms with van der Waals surface area (Å²) < 4.78 is 15.2. The van der Waals surface area contributed by atoms with Crippen molar-refractivity contribution in [2.45, 2.75) is 32.3 Å². The number of esters is 1. The molecule has 1 heterocycles. The van der Waals surface area contributed by atoms with Gasteiger partial charge in [0.2, 0.25) is 5.60 Å². The Morgan fingerprint density at radius 1 is 1.50 bits per heavy atom. The lowest BCUT2D eigenvalue weighted by Crippen LogP contribution is -2.41. The molecule has 4 nitrogen and oxygen atoms in total. The van der Waals surface area contributed by atoms with Crippen LogP contribution in [0, 0.1) is 0 Å². The molecule has 0 aromatic heterocycles. The van der Waals surface area contributed by atoms with Crippen LogP contribution in [-0.2, 0) is 19.0 Å². The normalized spacial score (nSPS) is 26.9. The van der Waals surface area contributed by atoms with E-state index >= 15 is 0 Å². The zero-order valence-electron chi connectivity index (χ0n) is 9.05. The van der Waals surface area contributed by atoms with E-state index in [0.29, 0.717) is 12.4 Å². The number of ether oxygens (including phenoxy) is 3. The van der Waals surface area contributed by atoms with Gasteiger partial charge in [-0.1, -0.05) is 0 Å². The molecule has 0 amide bonds. The van der Waals surface area contributed by atoms with Gasteiger partial charge in [-0.3, -0.25) is 0 Å². The van der Waals surface area contributed by atoms with Crippen LogP contribution in [0.25, 0.3) is 0 Å². The number of methoxy groups -OCH3 is 2. The van der Waals surface area contributed by atoms with Crippen LogP contribution < -0.4 is 0 Å². The Morgan fingerprint density at radius 2 is 2.14 bits per heavy atom. The first-order chi connectivity index (χ1) is 6.53. The van der Waals surface area contributed by atoms with E-state index in [1.807, 2.05) is 6.92 Å². The van der Waals surface area contributed by atoms with E-state index in [2.05, 4.69) is 4.74 Å². The molecule has 1 unspecified atom stereocenters. The van der Waals surface area contributed by atoms with Gasteiger partial charge in [0.15, 0.2) is 0 Å². The summed E-state index contributed by atoms with van der Waals surface area (Å²) in [5.74, 6) is 0.0729. The van der Waals surface area contributed by atoms with Crippen LogP contribution in [0.1, 0.15) is 26.7 Å². The Hall–Kier alpha value is -1.19. The number of carbonyl (C=O) groups is 1. The fourth-order valence-electron chi connectivity index (χ4n) is 1.45. The molecule has 0 spiro atoms. The van der Waals surface area contributed by atoms with E-state index in [1.165, 1.54) is 14.2 Å². The maximum atomic E-state index is 11.4. The van der Waals surface area contributed by atoms with Crippen LogP contribution in [0.4, 0.5) is 0 Å². The third kappa shape index (κ3) is 1.84. The van der Waals surface area contributed by atoms with E-state index in [1.54, 1.807) is 6.92 Å². The first-order valence-corrected chi connectivity index (χ1v) is 4.54. The second kappa shape index (κ2) is 3.90. The van der Waals surface area contributed by atoms with E-state index in [9.17, 15) is 4.79 Å². The minimum absolute atomic E-state index is 0.362. The van der Waals surface area contributed by atoms with Gasteiger partial charge in [0, 0.05) is 12.0 Å². The third-order valence-corrected chi connectivity index (χ3v) is 2.45. The van der Waals surface area contributed by atoms with E-state index < -0.39 is 5.60 Å². The quantitative estimate of drug-likeness (QED) is 0.635. The number of hydrogen-bond acceptors (Lipinski definition) is 4. The van der Waals surface area contributed by atoms with Crippen molar-refractivity contribution in [1.82, 2.24) is 0 Å². The van der Waals surface area contributed by atoms with Crippen molar-refractivity contribution >= 4 is 5.97 Å². The minimum Gasteiger partial charge on any atom is -0.469 e. The second-order valence-corrected chi connectivity index (χ2v) is 3.60. The Kier molecular flexibility index (Phi) is 3.03. The van der Waals surface area contributed by atoms with Gasteiger partial charge in [-0.2, -0.15) is 0 Å². The largest absolute Gasteiger partial charge is 0.469 e. The second-order valence-electron chi connectivity index (χ2n) is 3.60. The van der Waals surface area contributed by atoms with Gasteiger partial charge < -0.3 is 14.2 Å². The van der Waals surface area contributed by atoms with Crippen molar-refractivity contribution < 1.29 is 19.0 Å². The zero-order valence-corrected chi connectivity index (χ0v) is 9.05. The molecule has 0 N–H and O–H groups in total. The average Bonchev–Trinajstić information content (AvgIpc) is 2.20. The summed E-state index contributed by atoms with van der Waals surface area (Å²) in [6, 6.07) is 0. The maximum absolute atomic E-state index is 11.4. The minimum atomic E-state index is -0.903. The number of rotatable bonds is 2. The summed E-state index contributed by atoms with van der Waals surface area (Å²) in [6.07, 6.45) is 1.41. The summed E-state index contributed by atoms with van der Waals surface area (Å²) in [4.78, 5) is 11.4. The van der Waals surface area contributed by atoms with Crippen molar-refractivity contribution in [2.75, 3.05) is 14.2 Å². The monoisotopic (exact) mass is 200 g/mol. The highest BCUT2D eigenvalue weighted by atomic mass is 16.7. The molecule has 80 valence electrons. The number of carbonyl (C=O) groups excluding carboxylic acids is 1. The molecule has 0 aromatic carbocycles. The summed E-state index contributed by atoms with van der Waals surface area (Å²) in [7, 11) is 2.89. The molecule has 14 heavy (non-hydrogen) atoms. The Morgan fingerprint density at radius 3 is 2.64 bits per heavy atom. The molecule has 1 rings (SSSR count). The topological polar surface area (TPSA) is 44.8 Å². The Bertz CT molecular complexity index is 269. The lowest BCUT2D eigenvalue weighted by molar-refractivity contribution is -0.171. The fraction of sp³-hybridized carbons (Fsp3) is 0.700. The van der Waals surface area contributed by atoms with Crippen LogP contribution in [0.15, 0.2) is 11.5 Å². The molecule has 1 aliphatic rings. The molecule has 1 atom stereocenters. The highest BCUT2D eigenvalue weighted by molar-refractivity contribution is 5.79. The first-order valence-electron chi connectivity index (χ1n) is 4.54. The van der Waals surface area contributed by atoms with Gasteiger partial charge in [-0.05, 0) is 20.3 Å². The van der Waals surface area contributed by atoms with Crippen molar-refractivity contribution in [1.29, 1.82) is 0 Å². The molecule has 0 bridgehead atoms. The average molecular weight is 200 g/mol. The maximum Gasteiger partial charge on any atom is 0.350 e. The van der Waals surface area contributed by atoms with Gasteiger partial charge in [0.05, 0.1) is 14.2 Å². The van der Waals surface area contributed by atoms with Gasteiger partial charge >= 0.3 is 5.97 Å². The molecule has 1 aliphatic heterocycles. The van der Waals surface area contributed by atoms with Crippen LogP contribution in [0.2, 0.25) is 0 Å². The summed E-state index contributed by atoms with van der Waals surface area (Å²) in [6.45, 7) is 3.64. The standard InChI is InChI=1S/C10H16O4/c1-7-5-6-10(2,9(11)13-4)14-8(7)12-3/h5-6H2,1-4H3. The van der Waals surface area contributed by atoms with Gasteiger partial charge in [0.25, 0.3) is 5.95 Å². The number of hydrogen-bond donors (Lipinski definition) is 0. The van der Waals surface area contributed by atoms with Crippen LogP contribution in [-0.4, -0.2) is 25.8 Å². The van der Waals surface area contributed by atoms with Gasteiger partial charge in [-0.15, -0.1) is 0 Å². The van der Waals surface area contributed by atoms with E-state index in [0.717, 1.165) is 12.0 Å². The first kappa shape index (κ1) is 10.9. The van der Waals surface area contributed by atoms with Crippen molar-refractivity contribution in [2.24, 2.45) is 0 Å². The lowest BCUT2D eigenvalue weighted by atomic mass is 9.95. The molecule has 0 saturated heterocycles. The molecule has 0 radical (unpaired) electrons. The molecule has 0 saturated carbocycles. The third-order valence-electron chi connectivity index (χ3n) is 2.45. The molecular formula is C10H16O4. The Balaban J connectivity index is 2.84. The van der Waals surface area contributed by atoms with E-state index in [4.69, 9.17) is 9.47 Å². The lowest BCUT2D eigenvalue weighted by Gasteiger charge is -2.32. The fourth-order valence-corrected chi connectivity index (χ4v) is 1.45.